The molecule has 162 valence electrons. The molecule has 6 nitrogen and oxygen atoms in total. The molecule has 1 aromatic carbocycles. The first-order valence-corrected chi connectivity index (χ1v) is 10.3. The molecule has 0 spiro atoms. The van der Waals surface area contributed by atoms with Crippen molar-refractivity contribution in [2.24, 2.45) is 0 Å². The van der Waals surface area contributed by atoms with E-state index in [1.165, 1.54) is 12.3 Å². The number of likely N-dealkylation sites (tertiary alicyclic amines) is 1. The molecule has 31 heavy (non-hydrogen) atoms. The molecule has 3 aromatic rings. The van der Waals surface area contributed by atoms with Crippen LogP contribution in [0.3, 0.4) is 0 Å². The molecule has 2 aromatic heterocycles. The Hall–Kier alpha value is -3.13. The highest BCUT2D eigenvalue weighted by atomic mass is 19.3. The fourth-order valence-corrected chi connectivity index (χ4v) is 3.88. The third-order valence-corrected chi connectivity index (χ3v) is 5.63. The minimum Gasteiger partial charge on any atom is -0.478 e. The Morgan fingerprint density at radius 1 is 1.06 bits per heavy atom. The van der Waals surface area contributed by atoms with Crippen LogP contribution in [0.4, 0.5) is 8.78 Å². The quantitative estimate of drug-likeness (QED) is 0.619. The maximum Gasteiger partial charge on any atom is 0.336 e. The van der Waals surface area contributed by atoms with Crippen molar-refractivity contribution >= 4 is 5.97 Å². The Balaban J connectivity index is 1.56. The second-order valence-electron chi connectivity index (χ2n) is 7.84. The second-order valence-corrected chi connectivity index (χ2v) is 7.84. The van der Waals surface area contributed by atoms with Crippen LogP contribution in [0.1, 0.15) is 34.3 Å². The number of carbonyl (C=O) groups is 1. The fraction of sp³-hybridized carbons (Fsp3) is 0.348. The molecule has 1 aliphatic heterocycles. The number of alkyl halides is 2. The number of piperidine rings is 1. The van der Waals surface area contributed by atoms with Crippen molar-refractivity contribution in [2.45, 2.75) is 31.7 Å². The van der Waals surface area contributed by atoms with Gasteiger partial charge in [-0.2, -0.15) is 5.10 Å². The van der Waals surface area contributed by atoms with Gasteiger partial charge >= 0.3 is 5.97 Å². The number of hydrogen-bond acceptors (Lipinski definition) is 4. The highest BCUT2D eigenvalue weighted by molar-refractivity contribution is 5.89. The van der Waals surface area contributed by atoms with Crippen molar-refractivity contribution in [1.29, 1.82) is 0 Å². The van der Waals surface area contributed by atoms with Crippen LogP contribution in [-0.4, -0.2) is 56.3 Å². The SMILES string of the molecule is O=C(O)c1ccncc1Cc1cn(CCN2CCC(F)(F)CC2)nc1-c1ccccc1. The van der Waals surface area contributed by atoms with Gasteiger partial charge in [-0.3, -0.25) is 9.67 Å². The molecule has 1 fully saturated rings. The average Bonchev–Trinajstić information content (AvgIpc) is 3.16. The van der Waals surface area contributed by atoms with Crippen LogP contribution in [0.15, 0.2) is 55.0 Å². The van der Waals surface area contributed by atoms with Gasteiger partial charge in [-0.1, -0.05) is 30.3 Å². The molecule has 8 heteroatoms. The van der Waals surface area contributed by atoms with Gasteiger partial charge in [0, 0.05) is 68.6 Å². The van der Waals surface area contributed by atoms with Crippen molar-refractivity contribution in [1.82, 2.24) is 19.7 Å². The van der Waals surface area contributed by atoms with Gasteiger partial charge in [0.15, 0.2) is 0 Å². The maximum atomic E-state index is 13.4. The van der Waals surface area contributed by atoms with Gasteiger partial charge in [-0.15, -0.1) is 0 Å². The van der Waals surface area contributed by atoms with Crippen molar-refractivity contribution < 1.29 is 18.7 Å². The van der Waals surface area contributed by atoms with Crippen LogP contribution in [0.5, 0.6) is 0 Å². The van der Waals surface area contributed by atoms with Gasteiger partial charge in [-0.05, 0) is 11.6 Å². The van der Waals surface area contributed by atoms with E-state index in [4.69, 9.17) is 5.10 Å². The molecular weight excluding hydrogens is 402 g/mol. The molecule has 0 saturated carbocycles. The number of carboxylic acids is 1. The van der Waals surface area contributed by atoms with E-state index in [0.717, 1.165) is 16.8 Å². The summed E-state index contributed by atoms with van der Waals surface area (Å²) in [6, 6.07) is 11.2. The molecule has 0 unspecified atom stereocenters. The van der Waals surface area contributed by atoms with Gasteiger partial charge in [0.25, 0.3) is 5.92 Å². The van der Waals surface area contributed by atoms with E-state index in [2.05, 4.69) is 4.98 Å². The number of pyridine rings is 1. The van der Waals surface area contributed by atoms with E-state index in [9.17, 15) is 18.7 Å². The Bertz CT molecular complexity index is 1040. The fourth-order valence-electron chi connectivity index (χ4n) is 3.88. The molecule has 0 amide bonds. The van der Waals surface area contributed by atoms with Crippen LogP contribution >= 0.6 is 0 Å². The first-order valence-electron chi connectivity index (χ1n) is 10.3. The number of nitrogens with zero attached hydrogens (tertiary/aromatic N) is 4. The number of halogens is 2. The van der Waals surface area contributed by atoms with Crippen molar-refractivity contribution in [2.75, 3.05) is 19.6 Å². The second kappa shape index (κ2) is 8.93. The van der Waals surface area contributed by atoms with Crippen LogP contribution in [0.2, 0.25) is 0 Å². The molecule has 1 aliphatic rings. The summed E-state index contributed by atoms with van der Waals surface area (Å²) >= 11 is 0. The molecule has 1 N–H and O–H groups in total. The van der Waals surface area contributed by atoms with Gasteiger partial charge in [0.2, 0.25) is 0 Å². The highest BCUT2D eigenvalue weighted by Crippen LogP contribution is 2.28. The van der Waals surface area contributed by atoms with Gasteiger partial charge < -0.3 is 10.0 Å². The monoisotopic (exact) mass is 426 g/mol. The number of benzene rings is 1. The lowest BCUT2D eigenvalue weighted by Gasteiger charge is -2.31. The van der Waals surface area contributed by atoms with E-state index >= 15 is 0 Å². The zero-order valence-electron chi connectivity index (χ0n) is 17.0. The van der Waals surface area contributed by atoms with E-state index in [-0.39, 0.29) is 18.4 Å². The number of aromatic carboxylic acids is 1. The third-order valence-electron chi connectivity index (χ3n) is 5.63. The van der Waals surface area contributed by atoms with Crippen LogP contribution in [0, 0.1) is 0 Å². The number of hydrogen-bond donors (Lipinski definition) is 1. The first kappa shape index (κ1) is 21.1. The summed E-state index contributed by atoms with van der Waals surface area (Å²) in [6.45, 7) is 1.97. The summed E-state index contributed by atoms with van der Waals surface area (Å²) in [7, 11) is 0. The largest absolute Gasteiger partial charge is 0.478 e. The smallest absolute Gasteiger partial charge is 0.336 e. The van der Waals surface area contributed by atoms with Crippen LogP contribution in [0.25, 0.3) is 11.3 Å². The predicted octanol–water partition coefficient (Wildman–Crippen LogP) is 3.97. The lowest BCUT2D eigenvalue weighted by atomic mass is 10.00. The molecule has 3 heterocycles. The lowest BCUT2D eigenvalue weighted by Crippen LogP contribution is -2.40. The van der Waals surface area contributed by atoms with Crippen molar-refractivity contribution in [3.63, 3.8) is 0 Å². The minimum absolute atomic E-state index is 0.106. The van der Waals surface area contributed by atoms with E-state index in [0.29, 0.717) is 38.2 Å². The zero-order chi connectivity index (χ0) is 21.8. The molecule has 0 atom stereocenters. The molecule has 4 rings (SSSR count). The van der Waals surface area contributed by atoms with Gasteiger partial charge in [0.05, 0.1) is 17.8 Å². The Labute approximate surface area is 179 Å². The Morgan fingerprint density at radius 2 is 1.81 bits per heavy atom. The lowest BCUT2D eigenvalue weighted by molar-refractivity contribution is -0.0555. The van der Waals surface area contributed by atoms with Crippen molar-refractivity contribution in [3.05, 3.63) is 71.7 Å². The maximum absolute atomic E-state index is 13.4. The molecular formula is C23H24F2N4O2. The topological polar surface area (TPSA) is 71.2 Å². The number of carboxylic acid groups (broad SMARTS) is 1. The summed E-state index contributed by atoms with van der Waals surface area (Å²) in [5.74, 6) is -3.55. The zero-order valence-corrected chi connectivity index (χ0v) is 17.0. The Morgan fingerprint density at radius 3 is 2.52 bits per heavy atom. The first-order chi connectivity index (χ1) is 14.9. The minimum atomic E-state index is -2.55. The summed E-state index contributed by atoms with van der Waals surface area (Å²) in [4.78, 5) is 17.7. The van der Waals surface area contributed by atoms with Crippen LogP contribution < -0.4 is 0 Å². The third kappa shape index (κ3) is 5.14. The van der Waals surface area contributed by atoms with Crippen molar-refractivity contribution in [3.8, 4) is 11.3 Å². The summed E-state index contributed by atoms with van der Waals surface area (Å²) in [5, 5.41) is 14.2. The Kier molecular flexibility index (Phi) is 6.08. The average molecular weight is 426 g/mol. The molecule has 0 radical (unpaired) electrons. The van der Waals surface area contributed by atoms with E-state index in [1.54, 1.807) is 6.20 Å². The highest BCUT2D eigenvalue weighted by Gasteiger charge is 2.33. The van der Waals surface area contributed by atoms with Gasteiger partial charge in [0.1, 0.15) is 0 Å². The standard InChI is InChI=1S/C23H24F2N4O2/c24-23(25)7-10-28(11-8-23)12-13-29-16-19(21(27-29)17-4-2-1-3-5-17)14-18-15-26-9-6-20(18)22(30)31/h1-6,9,15-16H,7-8,10-14H2,(H,30,31). The number of aromatic nitrogens is 3. The molecule has 0 bridgehead atoms. The van der Waals surface area contributed by atoms with Gasteiger partial charge in [-0.25, -0.2) is 13.6 Å². The summed E-state index contributed by atoms with van der Waals surface area (Å²) in [5.41, 5.74) is 3.45. The summed E-state index contributed by atoms with van der Waals surface area (Å²) in [6.07, 6.45) is 5.13. The molecule has 0 aliphatic carbocycles. The predicted molar refractivity (Wildman–Crippen MR) is 112 cm³/mol. The number of rotatable bonds is 7. The normalized spacial score (nSPS) is 16.3. The van der Waals surface area contributed by atoms with E-state index < -0.39 is 11.9 Å². The van der Waals surface area contributed by atoms with E-state index in [1.807, 2.05) is 46.1 Å². The van der Waals surface area contributed by atoms with Crippen LogP contribution in [-0.2, 0) is 13.0 Å². The molecule has 1 saturated heterocycles. The summed E-state index contributed by atoms with van der Waals surface area (Å²) < 4.78 is 28.6.